The number of hydrogen-bond acceptors (Lipinski definition) is 6. The van der Waals surface area contributed by atoms with Gasteiger partial charge in [0.25, 0.3) is 0 Å². The monoisotopic (exact) mass is 274 g/mol. The van der Waals surface area contributed by atoms with Gasteiger partial charge in [-0.15, -0.1) is 10.2 Å². The number of morpholine rings is 1. The van der Waals surface area contributed by atoms with Crippen molar-refractivity contribution in [3.05, 3.63) is 30.1 Å². The third-order valence-electron chi connectivity index (χ3n) is 3.24. The van der Waals surface area contributed by atoms with Crippen molar-refractivity contribution in [2.45, 2.75) is 6.54 Å². The summed E-state index contributed by atoms with van der Waals surface area (Å²) >= 11 is 0. The summed E-state index contributed by atoms with van der Waals surface area (Å²) in [5.74, 6) is 0.685. The highest BCUT2D eigenvalue weighted by Crippen LogP contribution is 2.19. The summed E-state index contributed by atoms with van der Waals surface area (Å²) in [7, 11) is 1.76. The van der Waals surface area contributed by atoms with Crippen LogP contribution in [0.1, 0.15) is 5.82 Å². The predicted octanol–water partition coefficient (Wildman–Crippen LogP) is 0.659. The van der Waals surface area contributed by atoms with Gasteiger partial charge in [-0.1, -0.05) is 0 Å². The summed E-state index contributed by atoms with van der Waals surface area (Å²) in [5.41, 5.74) is 2.28. The third kappa shape index (κ3) is 3.05. The normalized spacial score (nSPS) is 15.3. The Morgan fingerprint density at radius 1 is 1.20 bits per heavy atom. The van der Waals surface area contributed by atoms with E-state index in [1.54, 1.807) is 7.05 Å². The van der Waals surface area contributed by atoms with E-state index in [0.717, 1.165) is 32.0 Å². The first kappa shape index (κ1) is 12.9. The molecule has 0 bridgehead atoms. The molecule has 1 N–H and O–H groups in total. The molecule has 0 spiro atoms. The summed E-state index contributed by atoms with van der Waals surface area (Å²) in [6.45, 7) is 4.09. The van der Waals surface area contributed by atoms with Crippen molar-refractivity contribution in [3.63, 3.8) is 0 Å². The van der Waals surface area contributed by atoms with Gasteiger partial charge in [-0.3, -0.25) is 0 Å². The van der Waals surface area contributed by atoms with Crippen molar-refractivity contribution in [3.8, 4) is 0 Å². The number of rotatable bonds is 4. The number of anilines is 2. The Balaban J connectivity index is 1.58. The van der Waals surface area contributed by atoms with Crippen LogP contribution in [0.4, 0.5) is 11.4 Å². The van der Waals surface area contributed by atoms with Gasteiger partial charge in [-0.2, -0.15) is 4.80 Å². The lowest BCUT2D eigenvalue weighted by molar-refractivity contribution is 0.122. The fraction of sp³-hybridized carbons (Fsp3) is 0.462. The Morgan fingerprint density at radius 3 is 2.60 bits per heavy atom. The molecule has 3 rings (SSSR count). The van der Waals surface area contributed by atoms with E-state index in [2.05, 4.69) is 49.9 Å². The average molecular weight is 274 g/mol. The van der Waals surface area contributed by atoms with Crippen molar-refractivity contribution in [2.24, 2.45) is 7.05 Å². The average Bonchev–Trinajstić information content (AvgIpc) is 2.92. The van der Waals surface area contributed by atoms with E-state index in [1.165, 1.54) is 10.5 Å². The number of hydrogen-bond donors (Lipinski definition) is 1. The van der Waals surface area contributed by atoms with Gasteiger partial charge in [0.05, 0.1) is 26.8 Å². The zero-order valence-electron chi connectivity index (χ0n) is 11.5. The first-order chi connectivity index (χ1) is 9.81. The number of aryl methyl sites for hydroxylation is 1. The fourth-order valence-electron chi connectivity index (χ4n) is 2.19. The Bertz CT molecular complexity index is 546. The molecule has 0 radical (unpaired) electrons. The molecule has 106 valence electrons. The minimum absolute atomic E-state index is 0.574. The molecular weight excluding hydrogens is 256 g/mol. The van der Waals surface area contributed by atoms with Crippen molar-refractivity contribution >= 4 is 11.4 Å². The highest BCUT2D eigenvalue weighted by atomic mass is 16.5. The summed E-state index contributed by atoms with van der Waals surface area (Å²) < 4.78 is 5.36. The maximum absolute atomic E-state index is 5.36. The first-order valence-corrected chi connectivity index (χ1v) is 6.71. The molecule has 1 aromatic heterocycles. The van der Waals surface area contributed by atoms with Crippen LogP contribution in [0.5, 0.6) is 0 Å². The molecule has 0 saturated carbocycles. The summed E-state index contributed by atoms with van der Waals surface area (Å²) in [6.07, 6.45) is 0. The first-order valence-electron chi connectivity index (χ1n) is 6.71. The van der Waals surface area contributed by atoms with Crippen LogP contribution in [0.2, 0.25) is 0 Å². The Hall–Kier alpha value is -2.15. The van der Waals surface area contributed by atoms with Crippen LogP contribution in [0.25, 0.3) is 0 Å². The number of benzene rings is 1. The van der Waals surface area contributed by atoms with Crippen LogP contribution in [0, 0.1) is 0 Å². The number of nitrogens with zero attached hydrogens (tertiary/aromatic N) is 5. The molecule has 1 saturated heterocycles. The van der Waals surface area contributed by atoms with Crippen LogP contribution in [0.3, 0.4) is 0 Å². The molecule has 0 amide bonds. The maximum Gasteiger partial charge on any atom is 0.193 e. The molecule has 0 atom stereocenters. The van der Waals surface area contributed by atoms with Crippen LogP contribution in [-0.4, -0.2) is 46.5 Å². The van der Waals surface area contributed by atoms with Gasteiger partial charge < -0.3 is 15.0 Å². The van der Waals surface area contributed by atoms with Crippen LogP contribution >= 0.6 is 0 Å². The molecule has 0 unspecified atom stereocenters. The molecule has 7 heteroatoms. The summed E-state index contributed by atoms with van der Waals surface area (Å²) in [4.78, 5) is 3.79. The Labute approximate surface area is 117 Å². The summed E-state index contributed by atoms with van der Waals surface area (Å²) in [6, 6.07) is 8.39. The van der Waals surface area contributed by atoms with Gasteiger partial charge in [-0.05, 0) is 29.5 Å². The van der Waals surface area contributed by atoms with Crippen LogP contribution in [-0.2, 0) is 18.3 Å². The number of nitrogens with one attached hydrogen (secondary N) is 1. The highest BCUT2D eigenvalue weighted by Gasteiger charge is 2.10. The maximum atomic E-state index is 5.36. The lowest BCUT2D eigenvalue weighted by Gasteiger charge is -2.28. The second kappa shape index (κ2) is 5.87. The van der Waals surface area contributed by atoms with E-state index in [1.807, 2.05) is 0 Å². The van der Waals surface area contributed by atoms with E-state index in [0.29, 0.717) is 12.4 Å². The molecule has 2 heterocycles. The van der Waals surface area contributed by atoms with Gasteiger partial charge in [0.15, 0.2) is 5.82 Å². The molecule has 0 aliphatic carbocycles. The quantitative estimate of drug-likeness (QED) is 0.883. The third-order valence-corrected chi connectivity index (χ3v) is 3.24. The van der Waals surface area contributed by atoms with Gasteiger partial charge >= 0.3 is 0 Å². The minimum Gasteiger partial charge on any atom is -0.378 e. The standard InChI is InChI=1S/C13H18N6O/c1-18-16-13(15-17-18)10-14-11-2-4-12(5-3-11)19-6-8-20-9-7-19/h2-5,14H,6-10H2,1H3. The van der Waals surface area contributed by atoms with Gasteiger partial charge in [0, 0.05) is 24.5 Å². The molecule has 20 heavy (non-hydrogen) atoms. The Kier molecular flexibility index (Phi) is 3.78. The van der Waals surface area contributed by atoms with Gasteiger partial charge in [-0.25, -0.2) is 0 Å². The Morgan fingerprint density at radius 2 is 1.95 bits per heavy atom. The second-order valence-corrected chi connectivity index (χ2v) is 4.69. The number of aromatic nitrogens is 4. The van der Waals surface area contributed by atoms with Crippen molar-refractivity contribution in [2.75, 3.05) is 36.5 Å². The van der Waals surface area contributed by atoms with E-state index < -0.39 is 0 Å². The number of ether oxygens (including phenoxy) is 1. The van der Waals surface area contributed by atoms with Gasteiger partial charge in [0.2, 0.25) is 0 Å². The topological polar surface area (TPSA) is 68.1 Å². The number of tetrazole rings is 1. The van der Waals surface area contributed by atoms with Crippen LogP contribution in [0.15, 0.2) is 24.3 Å². The van der Waals surface area contributed by atoms with E-state index in [4.69, 9.17) is 4.74 Å². The molecule has 1 aliphatic heterocycles. The molecule has 1 fully saturated rings. The lowest BCUT2D eigenvalue weighted by atomic mass is 10.2. The van der Waals surface area contributed by atoms with Crippen molar-refractivity contribution < 1.29 is 4.74 Å². The van der Waals surface area contributed by atoms with E-state index in [9.17, 15) is 0 Å². The highest BCUT2D eigenvalue weighted by molar-refractivity contribution is 5.55. The van der Waals surface area contributed by atoms with E-state index in [-0.39, 0.29) is 0 Å². The molecular formula is C13H18N6O. The fourth-order valence-corrected chi connectivity index (χ4v) is 2.19. The zero-order valence-corrected chi connectivity index (χ0v) is 11.5. The lowest BCUT2D eigenvalue weighted by Crippen LogP contribution is -2.36. The van der Waals surface area contributed by atoms with Gasteiger partial charge in [0.1, 0.15) is 0 Å². The summed E-state index contributed by atoms with van der Waals surface area (Å²) in [5, 5.41) is 15.1. The predicted molar refractivity (Wildman–Crippen MR) is 75.6 cm³/mol. The largest absolute Gasteiger partial charge is 0.378 e. The smallest absolute Gasteiger partial charge is 0.193 e. The molecule has 2 aromatic rings. The molecule has 7 nitrogen and oxygen atoms in total. The van der Waals surface area contributed by atoms with Crippen LogP contribution < -0.4 is 10.2 Å². The van der Waals surface area contributed by atoms with Crippen molar-refractivity contribution in [1.82, 2.24) is 20.2 Å². The van der Waals surface area contributed by atoms with Crippen molar-refractivity contribution in [1.29, 1.82) is 0 Å². The zero-order chi connectivity index (χ0) is 13.8. The SMILES string of the molecule is Cn1nnc(CNc2ccc(N3CCOCC3)cc2)n1. The molecule has 1 aromatic carbocycles. The van der Waals surface area contributed by atoms with E-state index >= 15 is 0 Å². The minimum atomic E-state index is 0.574. The second-order valence-electron chi connectivity index (χ2n) is 4.69. The molecule has 1 aliphatic rings.